The minimum Gasteiger partial charge on any atom is -0.507 e. The zero-order chi connectivity index (χ0) is 21.7. The summed E-state index contributed by atoms with van der Waals surface area (Å²) < 4.78 is 18.6. The number of aliphatic hydroxyl groups is 2. The molecule has 0 aliphatic carbocycles. The number of ether oxygens (including phenoxy) is 1. The van der Waals surface area contributed by atoms with Gasteiger partial charge in [0.2, 0.25) is 0 Å². The number of hydrogen-bond acceptors (Lipinski definition) is 9. The van der Waals surface area contributed by atoms with Crippen molar-refractivity contribution in [3.05, 3.63) is 63.3 Å². The Morgan fingerprint density at radius 2 is 2.06 bits per heavy atom. The fourth-order valence-corrected chi connectivity index (χ4v) is 4.83. The van der Waals surface area contributed by atoms with E-state index in [2.05, 4.69) is 10.2 Å². The Kier molecular flexibility index (Phi) is 4.97. The van der Waals surface area contributed by atoms with Crippen molar-refractivity contribution in [1.82, 2.24) is 25.1 Å². The molecule has 2 aromatic rings. The van der Waals surface area contributed by atoms with Gasteiger partial charge >= 0.3 is 0 Å². The Hall–Kier alpha value is -2.86. The zero-order valence-corrected chi connectivity index (χ0v) is 17.4. The molecule has 11 heteroatoms. The monoisotopic (exact) mass is 445 g/mol. The number of rotatable bonds is 3. The van der Waals surface area contributed by atoms with E-state index in [0.29, 0.717) is 41.8 Å². The summed E-state index contributed by atoms with van der Waals surface area (Å²) in [5, 5.41) is 34.2. The molecule has 2 atom stereocenters. The van der Waals surface area contributed by atoms with Crippen LogP contribution < -0.4 is 0 Å². The quantitative estimate of drug-likeness (QED) is 0.724. The number of likely N-dealkylation sites (N-methyl/N-ethyl adjacent to an activating group) is 1. The Balaban J connectivity index is 1.45. The van der Waals surface area contributed by atoms with Gasteiger partial charge in [-0.1, -0.05) is 23.5 Å². The number of fused-ring (bicyclic) bond motifs is 2. The second-order valence-electron chi connectivity index (χ2n) is 7.50. The lowest BCUT2D eigenvalue weighted by Crippen LogP contribution is -2.66. The highest BCUT2D eigenvalue weighted by molar-refractivity contribution is 7.12. The van der Waals surface area contributed by atoms with E-state index in [9.17, 15) is 19.4 Å². The highest BCUT2D eigenvalue weighted by Gasteiger charge is 2.46. The number of hydrogen-bond donors (Lipinski definition) is 2. The molecular formula is C20H20FN5O4S. The third kappa shape index (κ3) is 3.39. The summed E-state index contributed by atoms with van der Waals surface area (Å²) in [6, 6.07) is 6.13. The Labute approximate surface area is 181 Å². The Morgan fingerprint density at radius 1 is 1.29 bits per heavy atom. The highest BCUT2D eigenvalue weighted by atomic mass is 32.1. The summed E-state index contributed by atoms with van der Waals surface area (Å²) in [5.41, 5.74) is 1.24. The van der Waals surface area contributed by atoms with Crippen molar-refractivity contribution < 1.29 is 24.1 Å². The van der Waals surface area contributed by atoms with Crippen molar-refractivity contribution in [2.75, 3.05) is 26.8 Å². The number of carbonyl (C=O) groups excluding carboxylic acids is 1. The van der Waals surface area contributed by atoms with E-state index in [1.807, 2.05) is 0 Å². The molecule has 9 nitrogen and oxygen atoms in total. The molecule has 0 radical (unpaired) electrons. The van der Waals surface area contributed by atoms with Gasteiger partial charge in [-0.15, -0.1) is 10.2 Å². The normalized spacial score (nSPS) is 24.2. The van der Waals surface area contributed by atoms with Crippen molar-refractivity contribution in [3.8, 4) is 0 Å². The van der Waals surface area contributed by atoms with Crippen molar-refractivity contribution in [1.29, 1.82) is 0 Å². The van der Waals surface area contributed by atoms with E-state index in [-0.39, 0.29) is 23.6 Å². The average Bonchev–Trinajstić information content (AvgIpc) is 3.23. The first-order valence-electron chi connectivity index (χ1n) is 9.75. The van der Waals surface area contributed by atoms with Crippen LogP contribution in [0.5, 0.6) is 0 Å². The number of aliphatic hydroxyl groups excluding tert-OH is 2. The molecule has 162 valence electrons. The summed E-state index contributed by atoms with van der Waals surface area (Å²) in [6.07, 6.45) is 0.359. The lowest BCUT2D eigenvalue weighted by molar-refractivity contribution is -0.176. The number of nitrogens with zero attached hydrogens (tertiary/aromatic N) is 5. The smallest absolute Gasteiger partial charge is 0.277 e. The van der Waals surface area contributed by atoms with Gasteiger partial charge in [-0.05, 0) is 17.7 Å². The molecule has 5 rings (SSSR count). The number of amides is 1. The van der Waals surface area contributed by atoms with Gasteiger partial charge in [0, 0.05) is 31.8 Å². The molecule has 1 aromatic heterocycles. The van der Waals surface area contributed by atoms with Crippen LogP contribution in [0.4, 0.5) is 4.39 Å². The molecule has 0 saturated carbocycles. The SMILES string of the molecule is CN1C2COCCN2C(=O)C2=C(O)C(O)C(c3nnc(Cc4ccc(F)cc4)s3)=CN21. The maximum absolute atomic E-state index is 13.1. The highest BCUT2D eigenvalue weighted by Crippen LogP contribution is 2.37. The fourth-order valence-electron chi connectivity index (χ4n) is 3.92. The molecular weight excluding hydrogens is 425 g/mol. The van der Waals surface area contributed by atoms with Crippen molar-refractivity contribution in [2.24, 2.45) is 0 Å². The van der Waals surface area contributed by atoms with Gasteiger partial charge in [0.25, 0.3) is 5.91 Å². The second kappa shape index (κ2) is 7.68. The topological polar surface area (TPSA) is 102 Å². The summed E-state index contributed by atoms with van der Waals surface area (Å²) in [6.45, 7) is 1.18. The summed E-state index contributed by atoms with van der Waals surface area (Å²) in [7, 11) is 1.79. The lowest BCUT2D eigenvalue weighted by atomic mass is 10.0. The summed E-state index contributed by atoms with van der Waals surface area (Å²) in [4.78, 5) is 14.6. The lowest BCUT2D eigenvalue weighted by Gasteiger charge is -2.51. The molecule has 1 aromatic carbocycles. The van der Waals surface area contributed by atoms with Crippen LogP contribution >= 0.6 is 11.3 Å². The number of hydrazine groups is 1. The van der Waals surface area contributed by atoms with E-state index < -0.39 is 11.9 Å². The summed E-state index contributed by atoms with van der Waals surface area (Å²) in [5.74, 6) is -1.08. The van der Waals surface area contributed by atoms with Crippen LogP contribution in [0.3, 0.4) is 0 Å². The molecule has 2 unspecified atom stereocenters. The third-order valence-electron chi connectivity index (χ3n) is 5.61. The van der Waals surface area contributed by atoms with Crippen molar-refractivity contribution in [3.63, 3.8) is 0 Å². The minimum atomic E-state index is -1.40. The number of benzene rings is 1. The second-order valence-corrected chi connectivity index (χ2v) is 8.56. The molecule has 0 bridgehead atoms. The molecule has 1 amide bonds. The maximum Gasteiger partial charge on any atom is 0.277 e. The number of morpholine rings is 1. The van der Waals surface area contributed by atoms with E-state index >= 15 is 0 Å². The van der Waals surface area contributed by atoms with Crippen LogP contribution in [0.2, 0.25) is 0 Å². The van der Waals surface area contributed by atoms with Crippen LogP contribution in [-0.2, 0) is 16.0 Å². The van der Waals surface area contributed by atoms with Gasteiger partial charge in [-0.25, -0.2) is 4.39 Å². The van der Waals surface area contributed by atoms with Crippen LogP contribution in [0.1, 0.15) is 15.6 Å². The molecule has 31 heavy (non-hydrogen) atoms. The maximum atomic E-state index is 13.1. The van der Waals surface area contributed by atoms with E-state index in [4.69, 9.17) is 4.74 Å². The standard InChI is InChI=1S/C20H20FN5O4S/c1-24-15-10-30-7-6-25(15)20(29)16-18(28)17(27)13(9-26(16)24)19-23-22-14(31-19)8-11-2-4-12(21)5-3-11/h2-5,9,15,17,27-28H,6-8,10H2,1H3. The molecule has 4 heterocycles. The van der Waals surface area contributed by atoms with Gasteiger partial charge in [0.05, 0.1) is 13.2 Å². The van der Waals surface area contributed by atoms with E-state index in [0.717, 1.165) is 5.56 Å². The molecule has 2 fully saturated rings. The van der Waals surface area contributed by atoms with Crippen molar-refractivity contribution in [2.45, 2.75) is 18.7 Å². The van der Waals surface area contributed by atoms with Crippen LogP contribution in [-0.4, -0.2) is 80.3 Å². The van der Waals surface area contributed by atoms with Gasteiger partial charge in [0.1, 0.15) is 28.1 Å². The van der Waals surface area contributed by atoms with Crippen LogP contribution in [0, 0.1) is 5.82 Å². The molecule has 3 aliphatic heterocycles. The van der Waals surface area contributed by atoms with Gasteiger partial charge < -0.3 is 19.8 Å². The fraction of sp³-hybridized carbons (Fsp3) is 0.350. The number of halogens is 1. The number of aromatic nitrogens is 2. The first-order valence-corrected chi connectivity index (χ1v) is 10.6. The number of carbonyl (C=O) groups is 1. The first kappa shape index (κ1) is 20.1. The largest absolute Gasteiger partial charge is 0.507 e. The molecule has 2 N–H and O–H groups in total. The van der Waals surface area contributed by atoms with E-state index in [1.54, 1.807) is 35.3 Å². The molecule has 0 spiro atoms. The van der Waals surface area contributed by atoms with Crippen LogP contribution in [0.25, 0.3) is 5.57 Å². The molecule has 3 aliphatic rings. The van der Waals surface area contributed by atoms with Crippen molar-refractivity contribution >= 4 is 22.8 Å². The predicted molar refractivity (Wildman–Crippen MR) is 109 cm³/mol. The Morgan fingerprint density at radius 3 is 2.84 bits per heavy atom. The van der Waals surface area contributed by atoms with Crippen LogP contribution in [0.15, 0.2) is 41.9 Å². The minimum absolute atomic E-state index is 0.0213. The third-order valence-corrected chi connectivity index (χ3v) is 6.58. The molecule has 2 saturated heterocycles. The van der Waals surface area contributed by atoms with E-state index in [1.165, 1.54) is 28.5 Å². The Bertz CT molecular complexity index is 1090. The predicted octanol–water partition coefficient (Wildman–Crippen LogP) is 1.10. The van der Waals surface area contributed by atoms with Gasteiger partial charge in [0.15, 0.2) is 11.5 Å². The average molecular weight is 445 g/mol. The van der Waals surface area contributed by atoms with Gasteiger partial charge in [-0.2, -0.15) is 5.01 Å². The summed E-state index contributed by atoms with van der Waals surface area (Å²) >= 11 is 1.27. The first-order chi connectivity index (χ1) is 14.9. The van der Waals surface area contributed by atoms with Gasteiger partial charge in [-0.3, -0.25) is 9.80 Å². The zero-order valence-electron chi connectivity index (χ0n) is 16.6.